The number of piperidine rings is 1. The number of nitrogens with zero attached hydrogens (tertiary/aromatic N) is 2. The van der Waals surface area contributed by atoms with E-state index in [1.165, 1.54) is 0 Å². The highest BCUT2D eigenvalue weighted by Gasteiger charge is 2.33. The van der Waals surface area contributed by atoms with Gasteiger partial charge < -0.3 is 4.74 Å². The summed E-state index contributed by atoms with van der Waals surface area (Å²) in [5, 5.41) is 3.08. The van der Waals surface area contributed by atoms with Crippen LogP contribution in [0.15, 0.2) is 35.7 Å². The van der Waals surface area contributed by atoms with E-state index in [9.17, 15) is 4.79 Å². The molecular weight excluding hydrogens is 320 g/mol. The van der Waals surface area contributed by atoms with Crippen molar-refractivity contribution in [2.45, 2.75) is 51.7 Å². The molecule has 1 aliphatic heterocycles. The molecule has 2 aromatic rings. The summed E-state index contributed by atoms with van der Waals surface area (Å²) in [5.74, 6) is 0. The first-order valence-electron chi connectivity index (χ1n) is 8.44. The second kappa shape index (κ2) is 6.93. The Morgan fingerprint density at radius 1 is 1.25 bits per heavy atom. The van der Waals surface area contributed by atoms with Gasteiger partial charge in [-0.1, -0.05) is 30.3 Å². The first-order valence-corrected chi connectivity index (χ1v) is 9.32. The number of rotatable bonds is 2. The number of thiazole rings is 1. The lowest BCUT2D eigenvalue weighted by Gasteiger charge is -2.35. The van der Waals surface area contributed by atoms with Crippen LogP contribution in [-0.2, 0) is 4.74 Å². The SMILES string of the molecule is CC(C)(C)OC(=O)N1CCCCC1c1nc(-c2ccccc2)cs1. The largest absolute Gasteiger partial charge is 0.444 e. The van der Waals surface area contributed by atoms with Crippen LogP contribution in [-0.4, -0.2) is 28.1 Å². The van der Waals surface area contributed by atoms with Crippen LogP contribution in [0.25, 0.3) is 11.3 Å². The molecule has 0 radical (unpaired) electrons. The van der Waals surface area contributed by atoms with Crippen molar-refractivity contribution in [3.63, 3.8) is 0 Å². The Labute approximate surface area is 147 Å². The Morgan fingerprint density at radius 3 is 2.71 bits per heavy atom. The number of hydrogen-bond acceptors (Lipinski definition) is 4. The van der Waals surface area contributed by atoms with Crippen molar-refractivity contribution in [2.75, 3.05) is 6.54 Å². The molecular formula is C19H24N2O2S. The molecule has 1 aliphatic rings. The summed E-state index contributed by atoms with van der Waals surface area (Å²) < 4.78 is 5.58. The zero-order valence-corrected chi connectivity index (χ0v) is 15.3. The van der Waals surface area contributed by atoms with Gasteiger partial charge in [0, 0.05) is 17.5 Å². The maximum atomic E-state index is 12.6. The van der Waals surface area contributed by atoms with Gasteiger partial charge in [-0.3, -0.25) is 4.90 Å². The second-order valence-corrected chi connectivity index (χ2v) is 8.01. The molecule has 1 unspecified atom stereocenters. The van der Waals surface area contributed by atoms with E-state index in [2.05, 4.69) is 17.5 Å². The molecule has 1 saturated heterocycles. The number of amides is 1. The minimum absolute atomic E-state index is 0.0241. The van der Waals surface area contributed by atoms with Gasteiger partial charge in [0.2, 0.25) is 0 Å². The highest BCUT2D eigenvalue weighted by molar-refractivity contribution is 7.10. The van der Waals surface area contributed by atoms with Gasteiger partial charge in [0.05, 0.1) is 11.7 Å². The van der Waals surface area contributed by atoms with Crippen LogP contribution < -0.4 is 0 Å². The zero-order chi connectivity index (χ0) is 17.2. The quantitative estimate of drug-likeness (QED) is 0.745. The normalized spacial score (nSPS) is 18.5. The number of carbonyl (C=O) groups excluding carboxylic acids is 1. The summed E-state index contributed by atoms with van der Waals surface area (Å²) in [6.07, 6.45) is 2.85. The standard InChI is InChI=1S/C19H24N2O2S/c1-19(2,3)23-18(22)21-12-8-7-11-16(21)17-20-15(13-24-17)14-9-5-4-6-10-14/h4-6,9-10,13,16H,7-8,11-12H2,1-3H3. The molecule has 1 aromatic carbocycles. The molecule has 24 heavy (non-hydrogen) atoms. The molecule has 3 rings (SSSR count). The van der Waals surface area contributed by atoms with Crippen LogP contribution in [0.1, 0.15) is 51.1 Å². The Bertz CT molecular complexity index is 691. The predicted octanol–water partition coefficient (Wildman–Crippen LogP) is 5.27. The topological polar surface area (TPSA) is 42.4 Å². The molecule has 0 spiro atoms. The maximum Gasteiger partial charge on any atom is 0.410 e. The average molecular weight is 344 g/mol. The molecule has 0 N–H and O–H groups in total. The fourth-order valence-corrected chi connectivity index (χ4v) is 3.88. The number of likely N-dealkylation sites (tertiary alicyclic amines) is 1. The van der Waals surface area contributed by atoms with Gasteiger partial charge in [0.15, 0.2) is 0 Å². The summed E-state index contributed by atoms with van der Waals surface area (Å²) in [7, 11) is 0. The molecule has 5 heteroatoms. The molecule has 0 saturated carbocycles. The Kier molecular flexibility index (Phi) is 4.90. The number of hydrogen-bond donors (Lipinski definition) is 0. The van der Waals surface area contributed by atoms with Gasteiger partial charge >= 0.3 is 6.09 Å². The van der Waals surface area contributed by atoms with Gasteiger partial charge in [-0.15, -0.1) is 11.3 Å². The lowest BCUT2D eigenvalue weighted by atomic mass is 10.0. The number of benzene rings is 1. The summed E-state index contributed by atoms with van der Waals surface area (Å²) in [4.78, 5) is 19.2. The van der Waals surface area contributed by atoms with Crippen molar-refractivity contribution >= 4 is 17.4 Å². The molecule has 1 aromatic heterocycles. The highest BCUT2D eigenvalue weighted by atomic mass is 32.1. The van der Waals surface area contributed by atoms with Crippen LogP contribution in [0.2, 0.25) is 0 Å². The van der Waals surface area contributed by atoms with Crippen LogP contribution in [0.5, 0.6) is 0 Å². The van der Waals surface area contributed by atoms with Crippen LogP contribution >= 0.6 is 11.3 Å². The molecule has 4 nitrogen and oxygen atoms in total. The van der Waals surface area contributed by atoms with Crippen molar-refractivity contribution in [3.8, 4) is 11.3 Å². The Balaban J connectivity index is 1.81. The lowest BCUT2D eigenvalue weighted by molar-refractivity contribution is 0.00950. The van der Waals surface area contributed by atoms with Crippen molar-refractivity contribution in [1.82, 2.24) is 9.88 Å². The number of carbonyl (C=O) groups is 1. The minimum Gasteiger partial charge on any atom is -0.444 e. The number of ether oxygens (including phenoxy) is 1. The van der Waals surface area contributed by atoms with E-state index < -0.39 is 5.60 Å². The highest BCUT2D eigenvalue weighted by Crippen LogP contribution is 2.35. The van der Waals surface area contributed by atoms with Crippen LogP contribution in [0.3, 0.4) is 0 Å². The van der Waals surface area contributed by atoms with E-state index in [0.717, 1.165) is 42.1 Å². The zero-order valence-electron chi connectivity index (χ0n) is 14.5. The summed E-state index contributed by atoms with van der Waals surface area (Å²) in [5.41, 5.74) is 1.61. The predicted molar refractivity (Wildman–Crippen MR) is 97.1 cm³/mol. The van der Waals surface area contributed by atoms with Crippen molar-refractivity contribution < 1.29 is 9.53 Å². The van der Waals surface area contributed by atoms with E-state index in [1.807, 2.05) is 43.9 Å². The van der Waals surface area contributed by atoms with Crippen molar-refractivity contribution in [1.29, 1.82) is 0 Å². The molecule has 1 atom stereocenters. The van der Waals surface area contributed by atoms with Gasteiger partial charge in [0.1, 0.15) is 10.6 Å². The van der Waals surface area contributed by atoms with Crippen LogP contribution in [0, 0.1) is 0 Å². The van der Waals surface area contributed by atoms with Gasteiger partial charge in [0.25, 0.3) is 0 Å². The van der Waals surface area contributed by atoms with E-state index in [0.29, 0.717) is 0 Å². The molecule has 2 heterocycles. The third-order valence-corrected chi connectivity index (χ3v) is 4.95. The fraction of sp³-hybridized carbons (Fsp3) is 0.474. The number of aromatic nitrogens is 1. The first kappa shape index (κ1) is 17.0. The third-order valence-electron chi connectivity index (χ3n) is 4.01. The smallest absolute Gasteiger partial charge is 0.410 e. The Hall–Kier alpha value is -1.88. The maximum absolute atomic E-state index is 12.6. The molecule has 1 fully saturated rings. The summed E-state index contributed by atoms with van der Waals surface area (Å²) >= 11 is 1.63. The summed E-state index contributed by atoms with van der Waals surface area (Å²) in [6.45, 7) is 6.45. The molecule has 1 amide bonds. The molecule has 0 bridgehead atoms. The van der Waals surface area contributed by atoms with Gasteiger partial charge in [-0.25, -0.2) is 9.78 Å². The fourth-order valence-electron chi connectivity index (χ4n) is 2.91. The summed E-state index contributed by atoms with van der Waals surface area (Å²) in [6, 6.07) is 10.2. The molecule has 0 aliphatic carbocycles. The lowest BCUT2D eigenvalue weighted by Crippen LogP contribution is -2.41. The van der Waals surface area contributed by atoms with Crippen LogP contribution in [0.4, 0.5) is 4.79 Å². The van der Waals surface area contributed by atoms with E-state index in [1.54, 1.807) is 11.3 Å². The average Bonchev–Trinajstić information content (AvgIpc) is 3.04. The van der Waals surface area contributed by atoms with E-state index in [4.69, 9.17) is 9.72 Å². The van der Waals surface area contributed by atoms with E-state index >= 15 is 0 Å². The van der Waals surface area contributed by atoms with Crippen molar-refractivity contribution in [2.24, 2.45) is 0 Å². The third kappa shape index (κ3) is 3.96. The van der Waals surface area contributed by atoms with Gasteiger partial charge in [-0.2, -0.15) is 0 Å². The molecule has 128 valence electrons. The van der Waals surface area contributed by atoms with E-state index in [-0.39, 0.29) is 12.1 Å². The van der Waals surface area contributed by atoms with Crippen molar-refractivity contribution in [3.05, 3.63) is 40.7 Å². The second-order valence-electron chi connectivity index (χ2n) is 7.12. The minimum atomic E-state index is -0.475. The van der Waals surface area contributed by atoms with Gasteiger partial charge in [-0.05, 0) is 40.0 Å². The Morgan fingerprint density at radius 2 is 2.00 bits per heavy atom. The first-order chi connectivity index (χ1) is 11.4. The monoisotopic (exact) mass is 344 g/mol.